The van der Waals surface area contributed by atoms with Crippen molar-refractivity contribution in [1.82, 2.24) is 20.6 Å². The van der Waals surface area contributed by atoms with Crippen LogP contribution in [0, 0.1) is 0 Å². The number of carbonyl (C=O) groups excluding carboxylic acids is 3. The molecule has 0 saturated carbocycles. The molecule has 0 aliphatic carbocycles. The first-order chi connectivity index (χ1) is 17.4. The molecule has 2 heterocycles. The molecule has 190 valence electrons. The van der Waals surface area contributed by atoms with Gasteiger partial charge in [-0.2, -0.15) is 0 Å². The van der Waals surface area contributed by atoms with E-state index in [-0.39, 0.29) is 25.6 Å². The number of ether oxygens (including phenoxy) is 2. The zero-order chi connectivity index (χ0) is 25.9. The third-order valence-corrected chi connectivity index (χ3v) is 5.27. The van der Waals surface area contributed by atoms with Gasteiger partial charge in [-0.05, 0) is 53.6 Å². The first-order valence-electron chi connectivity index (χ1n) is 11.5. The van der Waals surface area contributed by atoms with E-state index in [2.05, 4.69) is 25.9 Å². The van der Waals surface area contributed by atoms with Crippen LogP contribution in [0.25, 0.3) is 21.9 Å². The Morgan fingerprint density at radius 1 is 1.03 bits per heavy atom. The van der Waals surface area contributed by atoms with Gasteiger partial charge in [0.2, 0.25) is 5.91 Å². The molecule has 3 rings (SSSR count). The number of carbonyl (C=O) groups is 3. The van der Waals surface area contributed by atoms with E-state index < -0.39 is 12.0 Å². The molecule has 0 saturated heterocycles. The van der Waals surface area contributed by atoms with Crippen LogP contribution in [-0.2, 0) is 27.2 Å². The third-order valence-electron chi connectivity index (χ3n) is 5.27. The average molecular weight is 495 g/mol. The van der Waals surface area contributed by atoms with Gasteiger partial charge >= 0.3 is 12.1 Å². The molecule has 0 radical (unpaired) electrons. The van der Waals surface area contributed by atoms with Crippen LogP contribution in [0.1, 0.15) is 24.6 Å². The largest absolute Gasteiger partial charge is 0.447 e. The predicted molar refractivity (Wildman–Crippen MR) is 135 cm³/mol. The highest BCUT2D eigenvalue weighted by atomic mass is 16.6. The lowest BCUT2D eigenvalue weighted by molar-refractivity contribution is -0.118. The summed E-state index contributed by atoms with van der Waals surface area (Å²) in [5.41, 5.74) is 8.59. The number of nitrogens with one attached hydrogen (secondary N) is 3. The maximum atomic E-state index is 12.0. The number of methoxy groups -OCH3 is 1. The van der Waals surface area contributed by atoms with Crippen LogP contribution < -0.4 is 21.7 Å². The molecule has 0 atom stereocenters. The normalized spacial score (nSPS) is 10.6. The molecule has 0 fully saturated rings. The number of pyridine rings is 2. The first-order valence-corrected chi connectivity index (χ1v) is 11.5. The fourth-order valence-corrected chi connectivity index (χ4v) is 3.56. The van der Waals surface area contributed by atoms with E-state index in [1.165, 1.54) is 7.11 Å². The first kappa shape index (κ1) is 26.4. The molecule has 0 aliphatic rings. The fraction of sp³-hybridized carbons (Fsp3) is 0.320. The zero-order valence-electron chi connectivity index (χ0n) is 20.3. The molecule has 1 aromatic carbocycles. The predicted octanol–water partition coefficient (Wildman–Crippen LogP) is 2.73. The molecule has 11 nitrogen and oxygen atoms in total. The number of hydrogen-bond acceptors (Lipinski definition) is 7. The van der Waals surface area contributed by atoms with E-state index in [4.69, 9.17) is 15.2 Å². The average Bonchev–Trinajstić information content (AvgIpc) is 2.86. The molecule has 0 spiro atoms. The third kappa shape index (κ3) is 7.37. The van der Waals surface area contributed by atoms with Crippen molar-refractivity contribution in [1.29, 1.82) is 0 Å². The number of urea groups is 1. The monoisotopic (exact) mass is 494 g/mol. The molecule has 0 aliphatic heterocycles. The number of anilines is 1. The van der Waals surface area contributed by atoms with E-state index in [9.17, 15) is 14.4 Å². The highest BCUT2D eigenvalue weighted by Crippen LogP contribution is 2.32. The maximum Gasteiger partial charge on any atom is 0.407 e. The van der Waals surface area contributed by atoms with Crippen molar-refractivity contribution in [3.05, 3.63) is 54.0 Å². The van der Waals surface area contributed by atoms with Gasteiger partial charge in [0, 0.05) is 50.1 Å². The Morgan fingerprint density at radius 2 is 1.86 bits per heavy atom. The molecule has 2 aromatic heterocycles. The summed E-state index contributed by atoms with van der Waals surface area (Å²) in [6.07, 6.45) is 3.41. The molecule has 0 unspecified atom stereocenters. The lowest BCUT2D eigenvalue weighted by Gasteiger charge is -2.14. The van der Waals surface area contributed by atoms with Crippen molar-refractivity contribution in [2.45, 2.75) is 26.3 Å². The molecule has 11 heteroatoms. The van der Waals surface area contributed by atoms with E-state index in [1.807, 2.05) is 31.2 Å². The highest BCUT2D eigenvalue weighted by Gasteiger charge is 2.13. The smallest absolute Gasteiger partial charge is 0.407 e. The summed E-state index contributed by atoms with van der Waals surface area (Å²) in [5.74, 6) is -0.0146. The van der Waals surface area contributed by atoms with Crippen LogP contribution in [-0.4, -0.2) is 54.9 Å². The van der Waals surface area contributed by atoms with Gasteiger partial charge in [0.15, 0.2) is 0 Å². The van der Waals surface area contributed by atoms with Crippen LogP contribution in [0.2, 0.25) is 0 Å². The summed E-state index contributed by atoms with van der Waals surface area (Å²) in [6.45, 7) is 2.98. The summed E-state index contributed by atoms with van der Waals surface area (Å²) in [6, 6.07) is 9.02. The minimum Gasteiger partial charge on any atom is -0.447 e. The number of nitrogens with zero attached hydrogens (tertiary/aromatic N) is 2. The van der Waals surface area contributed by atoms with Crippen LogP contribution in [0.5, 0.6) is 0 Å². The van der Waals surface area contributed by atoms with E-state index in [0.717, 1.165) is 33.2 Å². The fourth-order valence-electron chi connectivity index (χ4n) is 3.56. The maximum absolute atomic E-state index is 12.0. The van der Waals surface area contributed by atoms with Gasteiger partial charge in [-0.15, -0.1) is 0 Å². The number of primary amides is 1. The lowest BCUT2D eigenvalue weighted by atomic mass is 9.95. The zero-order valence-corrected chi connectivity index (χ0v) is 20.3. The summed E-state index contributed by atoms with van der Waals surface area (Å²) < 4.78 is 9.95. The number of aromatic nitrogens is 2. The van der Waals surface area contributed by atoms with Crippen molar-refractivity contribution >= 4 is 34.6 Å². The minimum absolute atomic E-state index is 0.151. The van der Waals surface area contributed by atoms with Gasteiger partial charge in [0.1, 0.15) is 12.4 Å². The van der Waals surface area contributed by atoms with Crippen molar-refractivity contribution in [2.75, 3.05) is 32.2 Å². The molecule has 36 heavy (non-hydrogen) atoms. The molecule has 5 N–H and O–H groups in total. The van der Waals surface area contributed by atoms with Crippen LogP contribution in [0.3, 0.4) is 0 Å². The van der Waals surface area contributed by atoms with Gasteiger partial charge in [-0.25, -0.2) is 14.6 Å². The number of fused-ring (bicyclic) bond motifs is 1. The molecular formula is C25H30N6O5. The summed E-state index contributed by atoms with van der Waals surface area (Å²) >= 11 is 0. The van der Waals surface area contributed by atoms with Crippen LogP contribution in [0.15, 0.2) is 42.7 Å². The SMILES string of the molecule is CCNC(=O)Nc1cc2c(-c3ccnc(CCC(N)=O)c3)ccc(CNC(=O)OCCOC)c2cn1. The second-order valence-electron chi connectivity index (χ2n) is 7.86. The molecule has 3 aromatic rings. The van der Waals surface area contributed by atoms with E-state index in [1.54, 1.807) is 18.5 Å². The Labute approximate surface area is 208 Å². The van der Waals surface area contributed by atoms with E-state index >= 15 is 0 Å². The Kier molecular flexibility index (Phi) is 9.52. The van der Waals surface area contributed by atoms with Crippen molar-refractivity contribution in [2.24, 2.45) is 5.73 Å². The topological polar surface area (TPSA) is 158 Å². The number of aryl methyl sites for hydroxylation is 1. The standard InChI is InChI=1S/C25H30N6O5/c1-3-27-24(33)31-23-13-20-19(16-8-9-28-18(12-16)5-7-22(26)32)6-4-17(21(20)15-29-23)14-30-25(34)36-11-10-35-2/h4,6,8-9,12-13,15H,3,5,7,10-11,14H2,1-2H3,(H2,26,32)(H,30,34)(H2,27,29,31,33). The summed E-state index contributed by atoms with van der Waals surface area (Å²) in [7, 11) is 1.53. The van der Waals surface area contributed by atoms with Crippen molar-refractivity contribution in [3.63, 3.8) is 0 Å². The number of hydrogen-bond donors (Lipinski definition) is 4. The van der Waals surface area contributed by atoms with Crippen molar-refractivity contribution in [3.8, 4) is 11.1 Å². The van der Waals surface area contributed by atoms with Gasteiger partial charge in [-0.3, -0.25) is 15.1 Å². The number of alkyl carbamates (subject to hydrolysis) is 1. The summed E-state index contributed by atoms with van der Waals surface area (Å²) in [4.78, 5) is 44.0. The Bertz CT molecular complexity index is 1230. The van der Waals surface area contributed by atoms with Gasteiger partial charge in [-0.1, -0.05) is 12.1 Å². The van der Waals surface area contributed by atoms with E-state index in [0.29, 0.717) is 25.4 Å². The van der Waals surface area contributed by atoms with Crippen LogP contribution in [0.4, 0.5) is 15.4 Å². The molecule has 0 bridgehead atoms. The number of benzene rings is 1. The molecule has 4 amide bonds. The van der Waals surface area contributed by atoms with Crippen LogP contribution >= 0.6 is 0 Å². The number of rotatable bonds is 11. The van der Waals surface area contributed by atoms with Gasteiger partial charge in [0.25, 0.3) is 0 Å². The second-order valence-corrected chi connectivity index (χ2v) is 7.86. The summed E-state index contributed by atoms with van der Waals surface area (Å²) in [5, 5.41) is 9.75. The molecular weight excluding hydrogens is 464 g/mol. The van der Waals surface area contributed by atoms with Gasteiger partial charge in [0.05, 0.1) is 6.61 Å². The number of nitrogens with two attached hydrogens (primary N) is 1. The Balaban J connectivity index is 1.96. The van der Waals surface area contributed by atoms with Gasteiger partial charge < -0.3 is 25.8 Å². The lowest BCUT2D eigenvalue weighted by Crippen LogP contribution is -2.28. The second kappa shape index (κ2) is 13.0. The quantitative estimate of drug-likeness (QED) is 0.298. The van der Waals surface area contributed by atoms with Crippen molar-refractivity contribution < 1.29 is 23.9 Å². The number of amides is 4. The minimum atomic E-state index is -0.556. The Hall–Kier alpha value is -4.25. The Morgan fingerprint density at radius 3 is 2.61 bits per heavy atom. The highest BCUT2D eigenvalue weighted by molar-refractivity contribution is 6.01.